The smallest absolute Gasteiger partial charge is 0.140 e. The van der Waals surface area contributed by atoms with Gasteiger partial charge in [-0.15, -0.1) is 0 Å². The van der Waals surface area contributed by atoms with Crippen molar-refractivity contribution in [1.82, 2.24) is 15.0 Å². The first kappa shape index (κ1) is 15.6. The highest BCUT2D eigenvalue weighted by Gasteiger charge is 2.13. The number of hydrogen-bond donors (Lipinski definition) is 1. The summed E-state index contributed by atoms with van der Waals surface area (Å²) in [5, 5.41) is 2.13. The normalized spacial score (nSPS) is 11.1. The Hall–Kier alpha value is -3.66. The molecular weight excluding hydrogens is 334 g/mol. The van der Waals surface area contributed by atoms with E-state index in [9.17, 15) is 0 Å². The van der Waals surface area contributed by atoms with Crippen LogP contribution >= 0.6 is 0 Å². The van der Waals surface area contributed by atoms with Crippen molar-refractivity contribution >= 4 is 21.8 Å². The minimum absolute atomic E-state index is 0.528. The van der Waals surface area contributed by atoms with Crippen LogP contribution in [-0.2, 0) is 6.61 Å². The van der Waals surface area contributed by atoms with E-state index in [-0.39, 0.29) is 0 Å². The summed E-state index contributed by atoms with van der Waals surface area (Å²) >= 11 is 0. The second-order valence-corrected chi connectivity index (χ2v) is 6.42. The Morgan fingerprint density at radius 3 is 2.48 bits per heavy atom. The standard InChI is InChI=1S/C23H17N3O/c1-2-7-16(8-3-1)15-27-21-13-20-22(19-11-5-4-10-18(19)21)26-23(25-20)17-9-6-12-24-14-17/h1-14H,15H2,(H,25,26). The van der Waals surface area contributed by atoms with Gasteiger partial charge in [-0.1, -0.05) is 54.6 Å². The van der Waals surface area contributed by atoms with Crippen LogP contribution in [0.4, 0.5) is 0 Å². The Morgan fingerprint density at radius 1 is 0.852 bits per heavy atom. The van der Waals surface area contributed by atoms with E-state index in [1.54, 1.807) is 6.20 Å². The molecule has 0 saturated heterocycles. The molecule has 0 aliphatic rings. The molecule has 0 aliphatic heterocycles. The van der Waals surface area contributed by atoms with E-state index in [4.69, 9.17) is 9.72 Å². The summed E-state index contributed by atoms with van der Waals surface area (Å²) < 4.78 is 6.17. The van der Waals surface area contributed by atoms with Gasteiger partial charge >= 0.3 is 0 Å². The zero-order valence-electron chi connectivity index (χ0n) is 14.6. The molecule has 2 aromatic heterocycles. The van der Waals surface area contributed by atoms with E-state index in [1.165, 1.54) is 0 Å². The molecule has 2 heterocycles. The van der Waals surface area contributed by atoms with Gasteiger partial charge in [-0.2, -0.15) is 0 Å². The van der Waals surface area contributed by atoms with Crippen LogP contribution < -0.4 is 4.74 Å². The molecule has 0 aliphatic carbocycles. The van der Waals surface area contributed by atoms with E-state index in [0.717, 1.165) is 44.5 Å². The molecule has 5 rings (SSSR count). The maximum atomic E-state index is 6.17. The summed E-state index contributed by atoms with van der Waals surface area (Å²) in [4.78, 5) is 12.4. The number of aromatic amines is 1. The first-order chi connectivity index (χ1) is 13.4. The monoisotopic (exact) mass is 351 g/mol. The third-order valence-corrected chi connectivity index (χ3v) is 4.63. The van der Waals surface area contributed by atoms with Gasteiger partial charge in [0.15, 0.2) is 0 Å². The predicted octanol–water partition coefficient (Wildman–Crippen LogP) is 5.36. The van der Waals surface area contributed by atoms with Gasteiger partial charge in [0, 0.05) is 34.8 Å². The highest BCUT2D eigenvalue weighted by molar-refractivity contribution is 6.08. The molecule has 0 spiro atoms. The van der Waals surface area contributed by atoms with Crippen molar-refractivity contribution < 1.29 is 4.74 Å². The summed E-state index contributed by atoms with van der Waals surface area (Å²) in [6.07, 6.45) is 3.57. The molecule has 27 heavy (non-hydrogen) atoms. The van der Waals surface area contributed by atoms with Gasteiger partial charge in [0.2, 0.25) is 0 Å². The lowest BCUT2D eigenvalue weighted by Gasteiger charge is -2.10. The summed E-state index contributed by atoms with van der Waals surface area (Å²) in [6.45, 7) is 0.528. The molecular formula is C23H17N3O. The summed E-state index contributed by atoms with van der Waals surface area (Å²) in [5.41, 5.74) is 4.00. The van der Waals surface area contributed by atoms with Crippen LogP contribution in [0.25, 0.3) is 33.2 Å². The first-order valence-corrected chi connectivity index (χ1v) is 8.87. The third-order valence-electron chi connectivity index (χ3n) is 4.63. The third kappa shape index (κ3) is 2.91. The van der Waals surface area contributed by atoms with Crippen molar-refractivity contribution in [3.8, 4) is 17.1 Å². The van der Waals surface area contributed by atoms with Crippen molar-refractivity contribution in [2.45, 2.75) is 6.61 Å². The fourth-order valence-corrected chi connectivity index (χ4v) is 3.30. The molecule has 130 valence electrons. The van der Waals surface area contributed by atoms with Gasteiger partial charge < -0.3 is 9.72 Å². The second kappa shape index (κ2) is 6.57. The second-order valence-electron chi connectivity index (χ2n) is 6.42. The summed E-state index contributed by atoms with van der Waals surface area (Å²) in [6, 6.07) is 24.4. The van der Waals surface area contributed by atoms with Crippen LogP contribution in [0.15, 0.2) is 85.2 Å². The van der Waals surface area contributed by atoms with Crippen molar-refractivity contribution in [3.05, 3.63) is 90.8 Å². The average molecular weight is 351 g/mol. The van der Waals surface area contributed by atoms with Gasteiger partial charge in [-0.05, 0) is 17.7 Å². The fourth-order valence-electron chi connectivity index (χ4n) is 3.30. The van der Waals surface area contributed by atoms with Crippen molar-refractivity contribution in [2.75, 3.05) is 0 Å². The van der Waals surface area contributed by atoms with Crippen LogP contribution in [0.1, 0.15) is 5.56 Å². The van der Waals surface area contributed by atoms with E-state index in [0.29, 0.717) is 6.61 Å². The summed E-state index contributed by atoms with van der Waals surface area (Å²) in [7, 11) is 0. The van der Waals surface area contributed by atoms with E-state index in [1.807, 2.05) is 54.7 Å². The zero-order valence-corrected chi connectivity index (χ0v) is 14.6. The topological polar surface area (TPSA) is 50.8 Å². The summed E-state index contributed by atoms with van der Waals surface area (Å²) in [5.74, 6) is 1.66. The molecule has 0 radical (unpaired) electrons. The van der Waals surface area contributed by atoms with Gasteiger partial charge in [0.25, 0.3) is 0 Å². The van der Waals surface area contributed by atoms with E-state index in [2.05, 4.69) is 34.2 Å². The highest BCUT2D eigenvalue weighted by Crippen LogP contribution is 2.34. The highest BCUT2D eigenvalue weighted by atomic mass is 16.5. The van der Waals surface area contributed by atoms with Gasteiger partial charge in [-0.25, -0.2) is 4.98 Å². The molecule has 0 bridgehead atoms. The molecule has 0 fully saturated rings. The molecule has 0 atom stereocenters. The number of hydrogen-bond acceptors (Lipinski definition) is 3. The van der Waals surface area contributed by atoms with Crippen molar-refractivity contribution in [1.29, 1.82) is 0 Å². The molecule has 0 amide bonds. The van der Waals surface area contributed by atoms with Gasteiger partial charge in [0.1, 0.15) is 18.2 Å². The minimum atomic E-state index is 0.528. The van der Waals surface area contributed by atoms with Crippen LogP contribution in [0.3, 0.4) is 0 Å². The Labute approximate surface area is 156 Å². The fraction of sp³-hybridized carbons (Fsp3) is 0.0435. The van der Waals surface area contributed by atoms with Crippen LogP contribution in [0.2, 0.25) is 0 Å². The number of pyridine rings is 1. The predicted molar refractivity (Wildman–Crippen MR) is 108 cm³/mol. The van der Waals surface area contributed by atoms with Crippen molar-refractivity contribution in [3.63, 3.8) is 0 Å². The largest absolute Gasteiger partial charge is 0.488 e. The Kier molecular flexibility index (Phi) is 3.79. The molecule has 0 unspecified atom stereocenters. The van der Waals surface area contributed by atoms with Crippen molar-refractivity contribution in [2.24, 2.45) is 0 Å². The molecule has 5 aromatic rings. The van der Waals surface area contributed by atoms with Crippen LogP contribution in [-0.4, -0.2) is 15.0 Å². The molecule has 1 N–H and O–H groups in total. The van der Waals surface area contributed by atoms with Crippen LogP contribution in [0, 0.1) is 0 Å². The lowest BCUT2D eigenvalue weighted by molar-refractivity contribution is 0.310. The molecule has 4 nitrogen and oxygen atoms in total. The molecule has 3 aromatic carbocycles. The Bertz CT molecular complexity index is 1210. The number of imidazole rings is 1. The maximum Gasteiger partial charge on any atom is 0.140 e. The number of nitrogens with one attached hydrogen (secondary N) is 1. The number of fused-ring (bicyclic) bond motifs is 3. The lowest BCUT2D eigenvalue weighted by atomic mass is 10.1. The van der Waals surface area contributed by atoms with Gasteiger partial charge in [-0.3, -0.25) is 4.98 Å². The van der Waals surface area contributed by atoms with Crippen LogP contribution in [0.5, 0.6) is 5.75 Å². The number of benzene rings is 3. The van der Waals surface area contributed by atoms with E-state index < -0.39 is 0 Å². The number of ether oxygens (including phenoxy) is 1. The maximum absolute atomic E-state index is 6.17. The zero-order chi connectivity index (χ0) is 18.1. The SMILES string of the molecule is c1ccc(COc2cc3[nH]c(-c4cccnc4)nc3c3ccccc23)cc1. The Morgan fingerprint density at radius 2 is 1.67 bits per heavy atom. The minimum Gasteiger partial charge on any atom is -0.488 e. The average Bonchev–Trinajstić information content (AvgIpc) is 3.18. The quantitative estimate of drug-likeness (QED) is 0.474. The molecule has 4 heteroatoms. The lowest BCUT2D eigenvalue weighted by Crippen LogP contribution is -1.96. The number of aromatic nitrogens is 3. The number of rotatable bonds is 4. The first-order valence-electron chi connectivity index (χ1n) is 8.87. The van der Waals surface area contributed by atoms with E-state index >= 15 is 0 Å². The number of H-pyrrole nitrogens is 1. The van der Waals surface area contributed by atoms with Gasteiger partial charge in [0.05, 0.1) is 11.0 Å². The number of nitrogens with zero attached hydrogens (tertiary/aromatic N) is 2. The molecule has 0 saturated carbocycles. The Balaban J connectivity index is 1.62.